The van der Waals surface area contributed by atoms with E-state index in [9.17, 15) is 8.78 Å². The average Bonchev–Trinajstić information content (AvgIpc) is 3.04. The number of unbranched alkanes of at least 4 members (excludes halogenated alkanes) is 1. The summed E-state index contributed by atoms with van der Waals surface area (Å²) in [4.78, 5) is 7.98. The van der Waals surface area contributed by atoms with Crippen LogP contribution < -0.4 is 15.8 Å². The molecule has 0 amide bonds. The normalized spacial score (nSPS) is 11.5. The molecule has 0 unspecified atom stereocenters. The van der Waals surface area contributed by atoms with Crippen molar-refractivity contribution in [3.05, 3.63) is 29.9 Å². The van der Waals surface area contributed by atoms with E-state index in [2.05, 4.69) is 22.2 Å². The van der Waals surface area contributed by atoms with E-state index in [0.717, 1.165) is 19.4 Å². The molecule has 2 aromatic rings. The third kappa shape index (κ3) is 4.56. The first-order valence-corrected chi connectivity index (χ1v) is 7.92. The predicted octanol–water partition coefficient (Wildman–Crippen LogP) is 3.94. The highest BCUT2D eigenvalue weighted by Gasteiger charge is 2.32. The smallest absolute Gasteiger partial charge is 0.304 e. The lowest BCUT2D eigenvalue weighted by atomic mass is 10.2. The molecule has 0 saturated carbocycles. The number of anilines is 2. The van der Waals surface area contributed by atoms with Crippen LogP contribution in [-0.4, -0.2) is 16.5 Å². The Morgan fingerprint density at radius 1 is 1.33 bits per heavy atom. The monoisotopic (exact) mass is 340 g/mol. The Balaban J connectivity index is 2.03. The lowest BCUT2D eigenvalue weighted by molar-refractivity contribution is -0.0309. The van der Waals surface area contributed by atoms with Crippen molar-refractivity contribution in [1.29, 1.82) is 0 Å². The lowest BCUT2D eigenvalue weighted by Crippen LogP contribution is -2.10. The van der Waals surface area contributed by atoms with E-state index in [1.807, 2.05) is 0 Å². The Morgan fingerprint density at radius 3 is 2.83 bits per heavy atom. The van der Waals surface area contributed by atoms with E-state index in [-0.39, 0.29) is 24.7 Å². The van der Waals surface area contributed by atoms with Crippen LogP contribution in [0.4, 0.5) is 20.5 Å². The van der Waals surface area contributed by atoms with Crippen LogP contribution in [0.15, 0.2) is 22.7 Å². The molecule has 2 aromatic heterocycles. The summed E-state index contributed by atoms with van der Waals surface area (Å²) < 4.78 is 37.9. The van der Waals surface area contributed by atoms with Crippen LogP contribution in [0.3, 0.4) is 0 Å². The summed E-state index contributed by atoms with van der Waals surface area (Å²) in [6.45, 7) is 4.19. The highest BCUT2D eigenvalue weighted by atomic mass is 19.3. The van der Waals surface area contributed by atoms with Gasteiger partial charge < -0.3 is 20.2 Å². The van der Waals surface area contributed by atoms with Crippen LogP contribution in [0.2, 0.25) is 0 Å². The molecule has 0 fully saturated rings. The Labute approximate surface area is 139 Å². The molecule has 0 aliphatic carbocycles. The molecule has 0 aliphatic rings. The number of aromatic nitrogens is 2. The molecule has 0 radical (unpaired) electrons. The molecular weight excluding hydrogens is 318 g/mol. The van der Waals surface area contributed by atoms with Gasteiger partial charge >= 0.3 is 5.92 Å². The second kappa shape index (κ2) is 7.94. The number of nitrogens with two attached hydrogens (primary N) is 1. The third-order valence-corrected chi connectivity index (χ3v) is 3.43. The van der Waals surface area contributed by atoms with Gasteiger partial charge in [0, 0.05) is 13.0 Å². The summed E-state index contributed by atoms with van der Waals surface area (Å²) in [5.41, 5.74) is 5.59. The zero-order valence-electron chi connectivity index (χ0n) is 13.8. The van der Waals surface area contributed by atoms with Gasteiger partial charge in [-0.2, -0.15) is 13.8 Å². The zero-order valence-corrected chi connectivity index (χ0v) is 13.8. The lowest BCUT2D eigenvalue weighted by Gasteiger charge is -2.12. The number of hydrogen-bond donors (Lipinski definition) is 2. The van der Waals surface area contributed by atoms with E-state index >= 15 is 0 Å². The minimum atomic E-state index is -2.98. The molecule has 0 aromatic carbocycles. The average molecular weight is 340 g/mol. The van der Waals surface area contributed by atoms with Crippen LogP contribution >= 0.6 is 0 Å². The molecular formula is C16H22F2N4O2. The van der Waals surface area contributed by atoms with E-state index in [1.165, 1.54) is 25.3 Å². The summed E-state index contributed by atoms with van der Waals surface area (Å²) in [6.07, 6.45) is 3.13. The van der Waals surface area contributed by atoms with Gasteiger partial charge in [0.25, 0.3) is 0 Å². The molecule has 8 heteroatoms. The second-order valence-corrected chi connectivity index (χ2v) is 5.33. The minimum absolute atomic E-state index is 0.00443. The van der Waals surface area contributed by atoms with Crippen molar-refractivity contribution >= 4 is 11.8 Å². The molecule has 0 spiro atoms. The van der Waals surface area contributed by atoms with E-state index in [0.29, 0.717) is 17.3 Å². The van der Waals surface area contributed by atoms with Crippen LogP contribution in [0.1, 0.15) is 44.6 Å². The molecule has 24 heavy (non-hydrogen) atoms. The summed E-state index contributed by atoms with van der Waals surface area (Å²) >= 11 is 0. The van der Waals surface area contributed by atoms with Gasteiger partial charge in [-0.15, -0.1) is 0 Å². The fourth-order valence-electron chi connectivity index (χ4n) is 1.98. The number of nitrogens with zero attached hydrogens (tertiary/aromatic N) is 2. The standard InChI is InChI=1S/C16H22F2N4O2/c1-3-5-8-20-14-12(9-21-15(19)22-14)23-10-11-6-7-13(24-11)16(17,18)4-2/h6-7,9H,3-5,8,10H2,1-2H3,(H3,19,20,21,22). The first-order valence-electron chi connectivity index (χ1n) is 7.92. The first kappa shape index (κ1) is 18.0. The SMILES string of the molecule is CCCCNc1nc(N)ncc1OCc1ccc(C(F)(F)CC)o1. The predicted molar refractivity (Wildman–Crippen MR) is 87.1 cm³/mol. The Bertz CT molecular complexity index is 661. The number of ether oxygens (including phenoxy) is 1. The molecule has 3 N–H and O–H groups in total. The fraction of sp³-hybridized carbons (Fsp3) is 0.500. The zero-order chi connectivity index (χ0) is 17.6. The number of rotatable bonds is 9. The van der Waals surface area contributed by atoms with Gasteiger partial charge in [-0.1, -0.05) is 20.3 Å². The number of nitrogens with one attached hydrogen (secondary N) is 1. The van der Waals surface area contributed by atoms with Crippen molar-refractivity contribution in [2.24, 2.45) is 0 Å². The maximum absolute atomic E-state index is 13.6. The summed E-state index contributed by atoms with van der Waals surface area (Å²) in [6, 6.07) is 2.74. The van der Waals surface area contributed by atoms with Crippen LogP contribution in [0.5, 0.6) is 5.75 Å². The van der Waals surface area contributed by atoms with Crippen molar-refractivity contribution in [2.45, 2.75) is 45.6 Å². The molecule has 0 saturated heterocycles. The summed E-state index contributed by atoms with van der Waals surface area (Å²) in [5, 5.41) is 3.12. The number of alkyl halides is 2. The van der Waals surface area contributed by atoms with Crippen molar-refractivity contribution < 1.29 is 17.9 Å². The number of halogens is 2. The molecule has 132 valence electrons. The maximum atomic E-state index is 13.6. The molecule has 6 nitrogen and oxygen atoms in total. The topological polar surface area (TPSA) is 86.2 Å². The molecule has 0 aliphatic heterocycles. The Morgan fingerprint density at radius 2 is 2.12 bits per heavy atom. The van der Waals surface area contributed by atoms with Gasteiger partial charge in [0.1, 0.15) is 12.4 Å². The summed E-state index contributed by atoms with van der Waals surface area (Å²) in [5.74, 6) is -2.05. The largest absolute Gasteiger partial charge is 0.480 e. The van der Waals surface area contributed by atoms with Gasteiger partial charge in [-0.25, -0.2) is 4.98 Å². The van der Waals surface area contributed by atoms with E-state index in [1.54, 1.807) is 0 Å². The Kier molecular flexibility index (Phi) is 5.94. The van der Waals surface area contributed by atoms with Crippen LogP contribution in [0, 0.1) is 0 Å². The van der Waals surface area contributed by atoms with Gasteiger partial charge in [-0.3, -0.25) is 0 Å². The van der Waals surface area contributed by atoms with Crippen molar-refractivity contribution in [1.82, 2.24) is 9.97 Å². The van der Waals surface area contributed by atoms with Crippen LogP contribution in [-0.2, 0) is 12.5 Å². The quantitative estimate of drug-likeness (QED) is 0.672. The summed E-state index contributed by atoms with van der Waals surface area (Å²) in [7, 11) is 0. The van der Waals surface area contributed by atoms with E-state index < -0.39 is 5.92 Å². The van der Waals surface area contributed by atoms with Crippen molar-refractivity contribution in [3.63, 3.8) is 0 Å². The molecule has 0 bridgehead atoms. The molecule has 2 rings (SSSR count). The number of hydrogen-bond acceptors (Lipinski definition) is 6. The van der Waals surface area contributed by atoms with Crippen molar-refractivity contribution in [2.75, 3.05) is 17.6 Å². The maximum Gasteiger partial charge on any atom is 0.304 e. The highest BCUT2D eigenvalue weighted by Crippen LogP contribution is 2.33. The second-order valence-electron chi connectivity index (χ2n) is 5.33. The van der Waals surface area contributed by atoms with Crippen LogP contribution in [0.25, 0.3) is 0 Å². The fourth-order valence-corrected chi connectivity index (χ4v) is 1.98. The number of nitrogen functional groups attached to an aromatic ring is 1. The minimum Gasteiger partial charge on any atom is -0.480 e. The van der Waals surface area contributed by atoms with Gasteiger partial charge in [0.2, 0.25) is 5.95 Å². The van der Waals surface area contributed by atoms with E-state index in [4.69, 9.17) is 14.9 Å². The van der Waals surface area contributed by atoms with Gasteiger partial charge in [-0.05, 0) is 18.6 Å². The van der Waals surface area contributed by atoms with Gasteiger partial charge in [0.05, 0.1) is 6.20 Å². The third-order valence-electron chi connectivity index (χ3n) is 3.43. The van der Waals surface area contributed by atoms with Gasteiger partial charge in [0.15, 0.2) is 17.3 Å². The van der Waals surface area contributed by atoms with Crippen molar-refractivity contribution in [3.8, 4) is 5.75 Å². The number of furan rings is 1. The molecule has 0 atom stereocenters. The molecule has 2 heterocycles. The first-order chi connectivity index (χ1) is 11.5. The highest BCUT2D eigenvalue weighted by molar-refractivity contribution is 5.51. The Hall–Kier alpha value is -2.38.